The number of rotatable bonds is 7. The Morgan fingerprint density at radius 3 is 2.38 bits per heavy atom. The highest BCUT2D eigenvalue weighted by Crippen LogP contribution is 2.33. The topological polar surface area (TPSA) is 43.0 Å². The fourth-order valence-electron chi connectivity index (χ4n) is 2.84. The predicted octanol–water partition coefficient (Wildman–Crippen LogP) is 1.30. The molecule has 2 rings (SSSR count). The van der Waals surface area contributed by atoms with Gasteiger partial charge in [-0.2, -0.15) is 0 Å². The Hall–Kier alpha value is -1.30. The third-order valence-corrected chi connectivity index (χ3v) is 4.05. The number of hydrogen-bond donors (Lipinski definition) is 1. The van der Waals surface area contributed by atoms with Gasteiger partial charge in [-0.1, -0.05) is 0 Å². The van der Waals surface area contributed by atoms with E-state index in [4.69, 9.17) is 14.2 Å². The number of benzene rings is 1. The monoisotopic (exact) mass is 294 g/mol. The zero-order chi connectivity index (χ0) is 15.2. The summed E-state index contributed by atoms with van der Waals surface area (Å²) in [7, 11) is 7.09. The normalized spacial score (nSPS) is 16.4. The summed E-state index contributed by atoms with van der Waals surface area (Å²) in [5.74, 6) is 1.62. The molecule has 0 spiro atoms. The van der Waals surface area contributed by atoms with Gasteiger partial charge in [0.15, 0.2) is 11.5 Å². The maximum absolute atomic E-state index is 5.40. The van der Waals surface area contributed by atoms with E-state index < -0.39 is 0 Å². The number of likely N-dealkylation sites (N-methyl/N-ethyl adjacent to an activating group) is 1. The van der Waals surface area contributed by atoms with E-state index in [1.54, 1.807) is 21.3 Å². The van der Waals surface area contributed by atoms with Crippen molar-refractivity contribution >= 4 is 0 Å². The first-order chi connectivity index (χ1) is 10.2. The maximum Gasteiger partial charge on any atom is 0.161 e. The zero-order valence-corrected chi connectivity index (χ0v) is 13.4. The molecule has 21 heavy (non-hydrogen) atoms. The van der Waals surface area contributed by atoms with E-state index in [1.165, 1.54) is 11.1 Å². The van der Waals surface area contributed by atoms with E-state index in [0.29, 0.717) is 6.04 Å². The van der Waals surface area contributed by atoms with Gasteiger partial charge in [0, 0.05) is 32.8 Å². The van der Waals surface area contributed by atoms with Gasteiger partial charge in [0.25, 0.3) is 0 Å². The summed E-state index contributed by atoms with van der Waals surface area (Å²) in [5.41, 5.74) is 2.68. The molecule has 0 saturated carbocycles. The molecule has 1 aliphatic rings. The van der Waals surface area contributed by atoms with Crippen LogP contribution in [0.4, 0.5) is 0 Å². The first kappa shape index (κ1) is 16.1. The van der Waals surface area contributed by atoms with Crippen LogP contribution in [0.25, 0.3) is 0 Å². The molecule has 1 N–H and O–H groups in total. The van der Waals surface area contributed by atoms with Gasteiger partial charge in [0.05, 0.1) is 20.8 Å². The van der Waals surface area contributed by atoms with Crippen LogP contribution in [0.2, 0.25) is 0 Å². The molecule has 1 atom stereocenters. The van der Waals surface area contributed by atoms with Crippen LogP contribution in [0.15, 0.2) is 12.1 Å². The maximum atomic E-state index is 5.40. The lowest BCUT2D eigenvalue weighted by Crippen LogP contribution is -2.44. The van der Waals surface area contributed by atoms with Crippen molar-refractivity contribution in [2.24, 2.45) is 0 Å². The van der Waals surface area contributed by atoms with Crippen LogP contribution in [-0.4, -0.2) is 59.0 Å². The average Bonchev–Trinajstić information content (AvgIpc) is 2.52. The highest BCUT2D eigenvalue weighted by molar-refractivity contribution is 5.48. The number of fused-ring (bicyclic) bond motifs is 1. The minimum absolute atomic E-state index is 0.358. The molecule has 0 fully saturated rings. The summed E-state index contributed by atoms with van der Waals surface area (Å²) >= 11 is 0. The smallest absolute Gasteiger partial charge is 0.161 e. The fraction of sp³-hybridized carbons (Fsp3) is 0.625. The van der Waals surface area contributed by atoms with Gasteiger partial charge in [0.2, 0.25) is 0 Å². The van der Waals surface area contributed by atoms with E-state index in [9.17, 15) is 0 Å². The fourth-order valence-corrected chi connectivity index (χ4v) is 2.84. The third-order valence-electron chi connectivity index (χ3n) is 4.05. The molecule has 0 bridgehead atoms. The Kier molecular flexibility index (Phi) is 5.85. The van der Waals surface area contributed by atoms with Crippen molar-refractivity contribution < 1.29 is 14.2 Å². The molecule has 118 valence electrons. The van der Waals surface area contributed by atoms with Crippen LogP contribution >= 0.6 is 0 Å². The second-order valence-corrected chi connectivity index (χ2v) is 5.40. The van der Waals surface area contributed by atoms with Crippen LogP contribution in [0.3, 0.4) is 0 Å². The van der Waals surface area contributed by atoms with Crippen LogP contribution in [0, 0.1) is 0 Å². The second kappa shape index (κ2) is 7.64. The Morgan fingerprint density at radius 1 is 1.14 bits per heavy atom. The SMILES string of the molecule is CNC(COC)CN1CCc2cc(OC)c(OC)cc2C1. The summed E-state index contributed by atoms with van der Waals surface area (Å²) in [6.45, 7) is 3.71. The van der Waals surface area contributed by atoms with Crippen molar-refractivity contribution in [2.45, 2.75) is 19.0 Å². The molecule has 1 aliphatic heterocycles. The lowest BCUT2D eigenvalue weighted by atomic mass is 9.98. The van der Waals surface area contributed by atoms with E-state index in [1.807, 2.05) is 7.05 Å². The van der Waals surface area contributed by atoms with Crippen LogP contribution < -0.4 is 14.8 Å². The number of nitrogens with one attached hydrogen (secondary N) is 1. The number of hydrogen-bond acceptors (Lipinski definition) is 5. The Labute approximate surface area is 127 Å². The van der Waals surface area contributed by atoms with Gasteiger partial charge in [-0.3, -0.25) is 4.90 Å². The molecular weight excluding hydrogens is 268 g/mol. The minimum atomic E-state index is 0.358. The lowest BCUT2D eigenvalue weighted by molar-refractivity contribution is 0.136. The summed E-state index contributed by atoms with van der Waals surface area (Å²) in [4.78, 5) is 2.45. The summed E-state index contributed by atoms with van der Waals surface area (Å²) in [5, 5.41) is 3.30. The third kappa shape index (κ3) is 3.87. The highest BCUT2D eigenvalue weighted by Gasteiger charge is 2.21. The number of ether oxygens (including phenoxy) is 3. The molecule has 0 aromatic heterocycles. The summed E-state index contributed by atoms with van der Waals surface area (Å²) in [6, 6.07) is 4.57. The zero-order valence-electron chi connectivity index (χ0n) is 13.4. The Morgan fingerprint density at radius 2 is 1.81 bits per heavy atom. The van der Waals surface area contributed by atoms with Crippen LogP contribution in [0.1, 0.15) is 11.1 Å². The molecule has 5 heteroatoms. The van der Waals surface area contributed by atoms with E-state index in [0.717, 1.165) is 44.2 Å². The van der Waals surface area contributed by atoms with E-state index >= 15 is 0 Å². The first-order valence-electron chi connectivity index (χ1n) is 7.34. The Balaban J connectivity index is 2.09. The highest BCUT2D eigenvalue weighted by atomic mass is 16.5. The molecule has 0 radical (unpaired) electrons. The van der Waals surface area contributed by atoms with Crippen molar-refractivity contribution in [3.8, 4) is 11.5 Å². The number of methoxy groups -OCH3 is 3. The van der Waals surface area contributed by atoms with Crippen molar-refractivity contribution in [1.29, 1.82) is 0 Å². The molecule has 0 amide bonds. The molecule has 0 saturated heterocycles. The molecular formula is C16H26N2O3. The van der Waals surface area contributed by atoms with Gasteiger partial charge in [-0.15, -0.1) is 0 Å². The standard InChI is InChI=1S/C16H26N2O3/c1-17-14(11-19-2)10-18-6-5-12-7-15(20-3)16(21-4)8-13(12)9-18/h7-8,14,17H,5-6,9-11H2,1-4H3. The van der Waals surface area contributed by atoms with Gasteiger partial charge < -0.3 is 19.5 Å². The van der Waals surface area contributed by atoms with Crippen molar-refractivity contribution in [3.05, 3.63) is 23.3 Å². The second-order valence-electron chi connectivity index (χ2n) is 5.40. The van der Waals surface area contributed by atoms with E-state index in [2.05, 4.69) is 22.3 Å². The molecule has 0 aliphatic carbocycles. The van der Waals surface area contributed by atoms with Gasteiger partial charge in [0.1, 0.15) is 0 Å². The van der Waals surface area contributed by atoms with Crippen molar-refractivity contribution in [2.75, 3.05) is 48.1 Å². The van der Waals surface area contributed by atoms with Crippen molar-refractivity contribution in [1.82, 2.24) is 10.2 Å². The summed E-state index contributed by atoms with van der Waals surface area (Å²) in [6.07, 6.45) is 1.04. The summed E-state index contributed by atoms with van der Waals surface area (Å²) < 4.78 is 16.0. The van der Waals surface area contributed by atoms with Crippen molar-refractivity contribution in [3.63, 3.8) is 0 Å². The predicted molar refractivity (Wildman–Crippen MR) is 83.3 cm³/mol. The Bertz CT molecular complexity index is 465. The molecule has 5 nitrogen and oxygen atoms in total. The largest absolute Gasteiger partial charge is 0.493 e. The lowest BCUT2D eigenvalue weighted by Gasteiger charge is -2.32. The average molecular weight is 294 g/mol. The molecule has 1 aromatic rings. The van der Waals surface area contributed by atoms with E-state index in [-0.39, 0.29) is 0 Å². The first-order valence-corrected chi connectivity index (χ1v) is 7.34. The van der Waals surface area contributed by atoms with Crippen LogP contribution in [0.5, 0.6) is 11.5 Å². The quantitative estimate of drug-likeness (QED) is 0.821. The molecule has 1 heterocycles. The minimum Gasteiger partial charge on any atom is -0.493 e. The van der Waals surface area contributed by atoms with Gasteiger partial charge in [-0.05, 0) is 36.7 Å². The molecule has 1 unspecified atom stereocenters. The van der Waals surface area contributed by atoms with Crippen LogP contribution in [-0.2, 0) is 17.7 Å². The molecule has 1 aromatic carbocycles. The van der Waals surface area contributed by atoms with Gasteiger partial charge >= 0.3 is 0 Å². The van der Waals surface area contributed by atoms with Gasteiger partial charge in [-0.25, -0.2) is 0 Å². The number of nitrogens with zero attached hydrogens (tertiary/aromatic N) is 1.